The number of ether oxygens (including phenoxy) is 1. The van der Waals surface area contributed by atoms with Crippen LogP contribution in [-0.2, 0) is 4.74 Å². The van der Waals surface area contributed by atoms with Crippen LogP contribution in [0.1, 0.15) is 20.3 Å². The lowest BCUT2D eigenvalue weighted by atomic mass is 10.3. The van der Waals surface area contributed by atoms with E-state index in [2.05, 4.69) is 0 Å². The summed E-state index contributed by atoms with van der Waals surface area (Å²) in [6.45, 7) is 3.90. The lowest BCUT2D eigenvalue weighted by Crippen LogP contribution is -1.93. The van der Waals surface area contributed by atoms with Gasteiger partial charge in [0.15, 0.2) is 0 Å². The first-order chi connectivity index (χ1) is 4.70. The standard InChI is InChI=1S/C8H15NO/c1-4-8(9)6-5-7(2)10-3/h5-6H,4,9H2,1-3H3/b7-5-,8-6+. The zero-order valence-corrected chi connectivity index (χ0v) is 6.85. The van der Waals surface area contributed by atoms with Crippen LogP contribution in [0.25, 0.3) is 0 Å². The first kappa shape index (κ1) is 9.08. The average Bonchev–Trinajstić information content (AvgIpc) is 1.99. The molecule has 0 aliphatic heterocycles. The van der Waals surface area contributed by atoms with Crippen molar-refractivity contribution in [2.45, 2.75) is 20.3 Å². The number of allylic oxidation sites excluding steroid dienone is 4. The van der Waals surface area contributed by atoms with Crippen molar-refractivity contribution in [3.8, 4) is 0 Å². The molecule has 10 heavy (non-hydrogen) atoms. The highest BCUT2D eigenvalue weighted by Gasteiger charge is 1.82. The Labute approximate surface area is 62.4 Å². The van der Waals surface area contributed by atoms with Crippen molar-refractivity contribution in [2.75, 3.05) is 7.11 Å². The maximum Gasteiger partial charge on any atom is 0.0925 e. The molecule has 0 aromatic carbocycles. The molecule has 0 spiro atoms. The van der Waals surface area contributed by atoms with Gasteiger partial charge in [-0.1, -0.05) is 6.92 Å². The summed E-state index contributed by atoms with van der Waals surface area (Å²) in [6.07, 6.45) is 4.60. The van der Waals surface area contributed by atoms with Crippen LogP contribution in [0.3, 0.4) is 0 Å². The quantitative estimate of drug-likeness (QED) is 0.480. The van der Waals surface area contributed by atoms with E-state index in [0.717, 1.165) is 17.9 Å². The molecule has 0 aliphatic rings. The third-order valence-corrected chi connectivity index (χ3v) is 1.26. The molecule has 58 valence electrons. The highest BCUT2D eigenvalue weighted by Crippen LogP contribution is 1.96. The Hall–Kier alpha value is -0.920. The fraction of sp³-hybridized carbons (Fsp3) is 0.500. The van der Waals surface area contributed by atoms with Crippen LogP contribution >= 0.6 is 0 Å². The number of methoxy groups -OCH3 is 1. The summed E-state index contributed by atoms with van der Waals surface area (Å²) >= 11 is 0. The Balaban J connectivity index is 3.91. The summed E-state index contributed by atoms with van der Waals surface area (Å²) in [5.74, 6) is 0.872. The van der Waals surface area contributed by atoms with Crippen LogP contribution in [0, 0.1) is 0 Å². The first-order valence-electron chi connectivity index (χ1n) is 3.37. The monoisotopic (exact) mass is 141 g/mol. The molecule has 0 aromatic heterocycles. The van der Waals surface area contributed by atoms with Crippen molar-refractivity contribution in [1.29, 1.82) is 0 Å². The van der Waals surface area contributed by atoms with Gasteiger partial charge in [0.25, 0.3) is 0 Å². The van der Waals surface area contributed by atoms with Gasteiger partial charge < -0.3 is 10.5 Å². The molecule has 0 amide bonds. The smallest absolute Gasteiger partial charge is 0.0925 e. The molecule has 0 atom stereocenters. The van der Waals surface area contributed by atoms with Crippen molar-refractivity contribution >= 4 is 0 Å². The van der Waals surface area contributed by atoms with Crippen molar-refractivity contribution in [1.82, 2.24) is 0 Å². The molecule has 0 fully saturated rings. The lowest BCUT2D eigenvalue weighted by Gasteiger charge is -1.95. The second-order valence-corrected chi connectivity index (χ2v) is 2.08. The number of nitrogens with two attached hydrogens (primary N) is 1. The van der Waals surface area contributed by atoms with Gasteiger partial charge in [-0.05, 0) is 25.5 Å². The molecule has 0 radical (unpaired) electrons. The predicted octanol–water partition coefficient (Wildman–Crippen LogP) is 1.79. The summed E-state index contributed by atoms with van der Waals surface area (Å²) in [5.41, 5.74) is 6.41. The van der Waals surface area contributed by atoms with Crippen LogP contribution < -0.4 is 5.73 Å². The van der Waals surface area contributed by atoms with Gasteiger partial charge in [0.2, 0.25) is 0 Å². The SMILES string of the molecule is CC/C(N)=C\C=C(\C)OC. The minimum Gasteiger partial charge on any atom is -0.501 e. The molecule has 0 heterocycles. The minimum atomic E-state index is 0.872. The second-order valence-electron chi connectivity index (χ2n) is 2.08. The zero-order valence-electron chi connectivity index (χ0n) is 6.85. The minimum absolute atomic E-state index is 0.872. The van der Waals surface area contributed by atoms with Gasteiger partial charge in [0.05, 0.1) is 12.9 Å². The van der Waals surface area contributed by atoms with E-state index in [0.29, 0.717) is 0 Å². The number of hydrogen-bond donors (Lipinski definition) is 1. The molecule has 0 unspecified atom stereocenters. The van der Waals surface area contributed by atoms with E-state index in [1.165, 1.54) is 0 Å². The van der Waals surface area contributed by atoms with Gasteiger partial charge >= 0.3 is 0 Å². The van der Waals surface area contributed by atoms with Crippen LogP contribution in [0.15, 0.2) is 23.6 Å². The molecule has 0 aliphatic carbocycles. The van der Waals surface area contributed by atoms with Crippen LogP contribution in [-0.4, -0.2) is 7.11 Å². The second kappa shape index (κ2) is 4.91. The third kappa shape index (κ3) is 4.01. The molecule has 0 aromatic rings. The Morgan fingerprint density at radius 1 is 1.50 bits per heavy atom. The molecular formula is C8H15NO. The molecule has 2 heteroatoms. The van der Waals surface area contributed by atoms with E-state index in [1.807, 2.05) is 26.0 Å². The fourth-order valence-corrected chi connectivity index (χ4v) is 0.410. The maximum atomic E-state index is 5.54. The largest absolute Gasteiger partial charge is 0.501 e. The summed E-state index contributed by atoms with van der Waals surface area (Å²) < 4.78 is 4.91. The maximum absolute atomic E-state index is 5.54. The van der Waals surface area contributed by atoms with Gasteiger partial charge in [-0.25, -0.2) is 0 Å². The van der Waals surface area contributed by atoms with Gasteiger partial charge in [0.1, 0.15) is 0 Å². The fourth-order valence-electron chi connectivity index (χ4n) is 0.410. The van der Waals surface area contributed by atoms with E-state index in [1.54, 1.807) is 7.11 Å². The summed E-state index contributed by atoms with van der Waals surface area (Å²) in [5, 5.41) is 0. The van der Waals surface area contributed by atoms with E-state index >= 15 is 0 Å². The van der Waals surface area contributed by atoms with E-state index in [4.69, 9.17) is 10.5 Å². The predicted molar refractivity (Wildman–Crippen MR) is 43.3 cm³/mol. The topological polar surface area (TPSA) is 35.2 Å². The van der Waals surface area contributed by atoms with E-state index in [9.17, 15) is 0 Å². The molecule has 0 saturated heterocycles. The molecule has 0 saturated carbocycles. The molecule has 0 rings (SSSR count). The number of hydrogen-bond acceptors (Lipinski definition) is 2. The summed E-state index contributed by atoms with van der Waals surface area (Å²) in [6, 6.07) is 0. The van der Waals surface area contributed by atoms with Crippen molar-refractivity contribution in [2.24, 2.45) is 5.73 Å². The van der Waals surface area contributed by atoms with Crippen LogP contribution in [0.5, 0.6) is 0 Å². The van der Waals surface area contributed by atoms with Crippen LogP contribution in [0.4, 0.5) is 0 Å². The van der Waals surface area contributed by atoms with E-state index in [-0.39, 0.29) is 0 Å². The van der Waals surface area contributed by atoms with E-state index < -0.39 is 0 Å². The third-order valence-electron chi connectivity index (χ3n) is 1.26. The Morgan fingerprint density at radius 2 is 2.10 bits per heavy atom. The molecular weight excluding hydrogens is 126 g/mol. The molecule has 0 bridgehead atoms. The molecule has 2 nitrogen and oxygen atoms in total. The van der Waals surface area contributed by atoms with Gasteiger partial charge in [-0.15, -0.1) is 0 Å². The lowest BCUT2D eigenvalue weighted by molar-refractivity contribution is 0.293. The summed E-state index contributed by atoms with van der Waals surface area (Å²) in [4.78, 5) is 0. The highest BCUT2D eigenvalue weighted by molar-refractivity contribution is 5.11. The average molecular weight is 141 g/mol. The highest BCUT2D eigenvalue weighted by atomic mass is 16.5. The Bertz CT molecular complexity index is 129. The Kier molecular flexibility index (Phi) is 4.46. The van der Waals surface area contributed by atoms with Crippen molar-refractivity contribution in [3.05, 3.63) is 23.6 Å². The first-order valence-corrected chi connectivity index (χ1v) is 3.37. The Morgan fingerprint density at radius 3 is 2.50 bits per heavy atom. The summed E-state index contributed by atoms with van der Waals surface area (Å²) in [7, 11) is 1.64. The van der Waals surface area contributed by atoms with Gasteiger partial charge in [0, 0.05) is 5.70 Å². The van der Waals surface area contributed by atoms with Gasteiger partial charge in [-0.2, -0.15) is 0 Å². The zero-order chi connectivity index (χ0) is 7.98. The van der Waals surface area contributed by atoms with Crippen LogP contribution in [0.2, 0.25) is 0 Å². The van der Waals surface area contributed by atoms with Gasteiger partial charge in [-0.3, -0.25) is 0 Å². The number of rotatable bonds is 3. The molecule has 2 N–H and O–H groups in total. The van der Waals surface area contributed by atoms with Crippen molar-refractivity contribution in [3.63, 3.8) is 0 Å². The van der Waals surface area contributed by atoms with Crippen molar-refractivity contribution < 1.29 is 4.74 Å². The normalized spacial score (nSPS) is 13.5.